The Morgan fingerprint density at radius 3 is 2.76 bits per heavy atom. The van der Waals surface area contributed by atoms with E-state index in [0.717, 1.165) is 0 Å². The van der Waals surface area contributed by atoms with E-state index in [1.807, 2.05) is 0 Å². The number of benzene rings is 1. The second-order valence-corrected chi connectivity index (χ2v) is 8.18. The minimum atomic E-state index is -2.80. The van der Waals surface area contributed by atoms with Crippen LogP contribution in [0.4, 0.5) is 13.2 Å². The first-order chi connectivity index (χ1) is 13.7. The molecule has 0 saturated heterocycles. The third kappa shape index (κ3) is 5.96. The van der Waals surface area contributed by atoms with Gasteiger partial charge in [0, 0.05) is 36.9 Å². The molecule has 1 heterocycles. The van der Waals surface area contributed by atoms with E-state index in [-0.39, 0.29) is 44.1 Å². The molecule has 2 atom stereocenters. The monoisotopic (exact) mass is 432 g/mol. The van der Waals surface area contributed by atoms with Gasteiger partial charge in [-0.15, -0.1) is 0 Å². The van der Waals surface area contributed by atoms with Crippen LogP contribution >= 0.6 is 0 Å². The first-order valence-electron chi connectivity index (χ1n) is 9.35. The molecule has 1 aromatic carbocycles. The maximum Gasteiger partial charge on any atom is 0.248 e. The number of hydrogen-bond acceptors (Lipinski definition) is 5. The number of aryl methyl sites for hydroxylation is 1. The first-order valence-corrected chi connectivity index (χ1v) is 10.5. The Bertz CT molecular complexity index is 909. The summed E-state index contributed by atoms with van der Waals surface area (Å²) in [5.41, 5.74) is 1.01. The van der Waals surface area contributed by atoms with E-state index >= 15 is 0 Å². The summed E-state index contributed by atoms with van der Waals surface area (Å²) in [4.78, 5) is 0. The van der Waals surface area contributed by atoms with Gasteiger partial charge in [-0.25, -0.2) is 26.3 Å². The zero-order valence-electron chi connectivity index (χ0n) is 15.9. The number of ether oxygens (including phenoxy) is 1. The van der Waals surface area contributed by atoms with Gasteiger partial charge in [-0.1, -0.05) is 5.16 Å². The Morgan fingerprint density at radius 1 is 1.31 bits per heavy atom. The van der Waals surface area contributed by atoms with Crippen LogP contribution in [0, 0.1) is 24.6 Å². The van der Waals surface area contributed by atoms with Crippen LogP contribution in [0.25, 0.3) is 11.3 Å². The van der Waals surface area contributed by atoms with Crippen molar-refractivity contribution < 1.29 is 30.8 Å². The fourth-order valence-electron chi connectivity index (χ4n) is 3.68. The van der Waals surface area contributed by atoms with Crippen molar-refractivity contribution in [2.45, 2.75) is 38.5 Å². The summed E-state index contributed by atoms with van der Waals surface area (Å²) >= 11 is 0. The lowest BCUT2D eigenvalue weighted by Gasteiger charge is -2.36. The highest BCUT2D eigenvalue weighted by Crippen LogP contribution is 2.41. The number of rotatable bonds is 8. The van der Waals surface area contributed by atoms with Gasteiger partial charge in [0.2, 0.25) is 16.8 Å². The minimum absolute atomic E-state index is 0.0256. The van der Waals surface area contributed by atoms with Crippen LogP contribution in [0.3, 0.4) is 0 Å². The van der Waals surface area contributed by atoms with Gasteiger partial charge in [-0.2, -0.15) is 0 Å². The molecule has 0 amide bonds. The van der Waals surface area contributed by atoms with E-state index in [2.05, 4.69) is 9.88 Å². The van der Waals surface area contributed by atoms with E-state index in [0.29, 0.717) is 23.4 Å². The summed E-state index contributed by atoms with van der Waals surface area (Å²) in [6.45, 7) is 1.85. The van der Waals surface area contributed by atoms with Gasteiger partial charge in [-0.3, -0.25) is 0 Å². The fraction of sp³-hybridized carbons (Fsp3) is 0.526. The lowest BCUT2D eigenvalue weighted by molar-refractivity contribution is -0.0777. The van der Waals surface area contributed by atoms with E-state index in [9.17, 15) is 21.6 Å². The predicted octanol–water partition coefficient (Wildman–Crippen LogP) is 3.73. The van der Waals surface area contributed by atoms with Gasteiger partial charge < -0.3 is 9.26 Å². The number of aromatic nitrogens is 1. The Morgan fingerprint density at radius 2 is 2.10 bits per heavy atom. The van der Waals surface area contributed by atoms with Crippen molar-refractivity contribution in [3.63, 3.8) is 0 Å². The van der Waals surface area contributed by atoms with Crippen LogP contribution in [0.5, 0.6) is 5.75 Å². The van der Waals surface area contributed by atoms with Gasteiger partial charge in [0.15, 0.2) is 11.6 Å². The van der Waals surface area contributed by atoms with Crippen molar-refractivity contribution >= 4 is 10.9 Å². The molecule has 0 radical (unpaired) electrons. The standard InChI is InChI=1S/C19H23F3N2O4S/c1-12-8-17(24-28-12)14-2-3-18(16(20)9-14)27-11-15-10-19(21,22)6-4-13(15)5-7-23-29(25)26/h2-3,8-9,13,15,29H,4-7,10-11H2,1H3,(H,23,25,26)/t13-,15-/m0/s1. The van der Waals surface area contributed by atoms with E-state index in [4.69, 9.17) is 9.26 Å². The molecule has 1 aromatic heterocycles. The highest BCUT2D eigenvalue weighted by atomic mass is 32.2. The molecule has 160 valence electrons. The van der Waals surface area contributed by atoms with Crippen molar-refractivity contribution in [2.75, 3.05) is 13.2 Å². The summed E-state index contributed by atoms with van der Waals surface area (Å²) in [7, 11) is -2.72. The normalized spacial score (nSPS) is 21.4. The lowest BCUT2D eigenvalue weighted by Crippen LogP contribution is -2.37. The highest BCUT2D eigenvalue weighted by molar-refractivity contribution is 7.70. The summed E-state index contributed by atoms with van der Waals surface area (Å²) in [5.74, 6) is -3.47. The van der Waals surface area contributed by atoms with Crippen molar-refractivity contribution in [3.8, 4) is 17.0 Å². The van der Waals surface area contributed by atoms with Gasteiger partial charge in [0.1, 0.15) is 11.5 Å². The molecule has 1 aliphatic carbocycles. The molecule has 3 rings (SSSR count). The quantitative estimate of drug-likeness (QED) is 0.622. The molecule has 1 N–H and O–H groups in total. The molecular formula is C19H23F3N2O4S. The van der Waals surface area contributed by atoms with Gasteiger partial charge >= 0.3 is 0 Å². The number of thiol groups is 1. The lowest BCUT2D eigenvalue weighted by atomic mass is 9.76. The van der Waals surface area contributed by atoms with Crippen LogP contribution in [-0.2, 0) is 10.9 Å². The van der Waals surface area contributed by atoms with Gasteiger partial charge in [-0.05, 0) is 43.9 Å². The second kappa shape index (κ2) is 9.17. The van der Waals surface area contributed by atoms with Crippen LogP contribution in [0.15, 0.2) is 28.8 Å². The van der Waals surface area contributed by atoms with E-state index < -0.39 is 28.5 Å². The van der Waals surface area contributed by atoms with Crippen molar-refractivity contribution in [2.24, 2.45) is 11.8 Å². The van der Waals surface area contributed by atoms with Crippen LogP contribution in [0.2, 0.25) is 0 Å². The highest BCUT2D eigenvalue weighted by Gasteiger charge is 2.41. The van der Waals surface area contributed by atoms with E-state index in [1.54, 1.807) is 19.1 Å². The fourth-order valence-corrected chi connectivity index (χ4v) is 3.99. The molecular weight excluding hydrogens is 409 g/mol. The molecule has 1 aliphatic rings. The second-order valence-electron chi connectivity index (χ2n) is 7.35. The molecule has 1 fully saturated rings. The molecule has 0 unspecified atom stereocenters. The molecule has 2 aromatic rings. The topological polar surface area (TPSA) is 81.4 Å². The largest absolute Gasteiger partial charge is 0.490 e. The molecule has 10 heteroatoms. The molecule has 0 spiro atoms. The Labute approximate surface area is 168 Å². The molecule has 29 heavy (non-hydrogen) atoms. The number of nitrogens with zero attached hydrogens (tertiary/aromatic N) is 1. The van der Waals surface area contributed by atoms with Crippen molar-refractivity contribution in [1.82, 2.24) is 9.88 Å². The maximum atomic E-state index is 14.4. The van der Waals surface area contributed by atoms with Crippen molar-refractivity contribution in [3.05, 3.63) is 35.8 Å². The van der Waals surface area contributed by atoms with Crippen LogP contribution in [-0.4, -0.2) is 32.6 Å². The number of nitrogens with one attached hydrogen (secondary N) is 1. The Balaban J connectivity index is 1.65. The van der Waals surface area contributed by atoms with Crippen LogP contribution in [0.1, 0.15) is 31.4 Å². The zero-order valence-corrected chi connectivity index (χ0v) is 16.8. The smallest absolute Gasteiger partial charge is 0.248 e. The molecule has 0 bridgehead atoms. The average molecular weight is 432 g/mol. The van der Waals surface area contributed by atoms with Gasteiger partial charge in [0.25, 0.3) is 0 Å². The Kier molecular flexibility index (Phi) is 6.84. The van der Waals surface area contributed by atoms with Crippen molar-refractivity contribution in [1.29, 1.82) is 0 Å². The summed E-state index contributed by atoms with van der Waals surface area (Å²) < 4.78 is 76.2. The molecule has 0 aliphatic heterocycles. The molecule has 1 saturated carbocycles. The molecule has 6 nitrogen and oxygen atoms in total. The third-order valence-electron chi connectivity index (χ3n) is 5.17. The Hall–Kier alpha value is -2.07. The predicted molar refractivity (Wildman–Crippen MR) is 101 cm³/mol. The van der Waals surface area contributed by atoms with Gasteiger partial charge in [0.05, 0.1) is 6.61 Å². The SMILES string of the molecule is Cc1cc(-c2ccc(OC[C@@H]3CC(F)(F)CC[C@H]3CCN[SH](=O)=O)c(F)c2)no1. The first kappa shape index (κ1) is 21.6. The zero-order chi connectivity index (χ0) is 21.0. The van der Waals surface area contributed by atoms with Crippen LogP contribution < -0.4 is 9.46 Å². The summed E-state index contributed by atoms with van der Waals surface area (Å²) in [6, 6.07) is 5.99. The number of halogens is 3. The summed E-state index contributed by atoms with van der Waals surface area (Å²) in [6.07, 6.45) is 0.0998. The number of alkyl halides is 2. The number of hydrogen-bond donors (Lipinski definition) is 2. The summed E-state index contributed by atoms with van der Waals surface area (Å²) in [5, 5.41) is 3.83. The average Bonchev–Trinajstić information content (AvgIpc) is 3.08. The van der Waals surface area contributed by atoms with E-state index in [1.165, 1.54) is 12.1 Å². The maximum absolute atomic E-state index is 14.4. The third-order valence-corrected chi connectivity index (χ3v) is 5.65. The minimum Gasteiger partial charge on any atom is -0.490 e.